The molecule has 398 valence electrons. The van der Waals surface area contributed by atoms with Gasteiger partial charge in [0.25, 0.3) is 6.33 Å². The van der Waals surface area contributed by atoms with Crippen LogP contribution >= 0.6 is 0 Å². The van der Waals surface area contributed by atoms with Crippen LogP contribution in [0, 0.1) is 18.5 Å². The SMILES string of the molecule is CC(C)(C)c1ccnc(-n2c3[c-]c(Oc4[c-]c5c(cc4)[Si](C)(C)c4cccc6c4n-5[c-][n+]6-c4c(-c5ccccc5)cccc4-c4ccccc4)ccc3c3cc(B4N(c5ccccc5)c5ccccc5N4c4ccccc4)ccc32)c1.[Pt]. The van der Waals surface area contributed by atoms with E-state index in [0.29, 0.717) is 11.5 Å². The van der Waals surface area contributed by atoms with Gasteiger partial charge in [-0.1, -0.05) is 202 Å². The topological polar surface area (TPSA) is 42.3 Å². The second-order valence-corrected chi connectivity index (χ2v) is 27.1. The van der Waals surface area contributed by atoms with Crippen molar-refractivity contribution in [3.05, 3.63) is 267 Å². The molecule has 5 heterocycles. The smallest absolute Gasteiger partial charge is 0.420 e. The number of rotatable bonds is 9. The van der Waals surface area contributed by atoms with Crippen LogP contribution in [0.2, 0.25) is 13.1 Å². The van der Waals surface area contributed by atoms with Gasteiger partial charge in [0.15, 0.2) is 0 Å². The fourth-order valence-corrected chi connectivity index (χ4v) is 15.5. The Morgan fingerprint density at radius 3 is 1.77 bits per heavy atom. The molecule has 0 fully saturated rings. The summed E-state index contributed by atoms with van der Waals surface area (Å²) in [5, 5.41) is 4.78. The van der Waals surface area contributed by atoms with Crippen LogP contribution in [-0.2, 0) is 26.5 Å². The molecule has 13 aromatic rings. The number of hydrogen-bond donors (Lipinski definition) is 0. The van der Waals surface area contributed by atoms with Gasteiger partial charge in [0.05, 0.1) is 28.1 Å². The fraction of sp³-hybridized carbons (Fsp3) is 0.0833. The quantitative estimate of drug-likeness (QED) is 0.0821. The van der Waals surface area contributed by atoms with E-state index in [9.17, 15) is 0 Å². The van der Waals surface area contributed by atoms with Gasteiger partial charge < -0.3 is 23.5 Å². The first kappa shape index (κ1) is 51.2. The van der Waals surface area contributed by atoms with Crippen molar-refractivity contribution in [2.45, 2.75) is 39.3 Å². The van der Waals surface area contributed by atoms with E-state index < -0.39 is 8.07 Å². The molecule has 0 N–H and O–H groups in total. The summed E-state index contributed by atoms with van der Waals surface area (Å²) in [7, 11) is -2.28. The van der Waals surface area contributed by atoms with E-state index in [1.54, 1.807) is 0 Å². The molecule has 0 bridgehead atoms. The zero-order valence-electron chi connectivity index (χ0n) is 46.1. The molecule has 0 radical (unpaired) electrons. The van der Waals surface area contributed by atoms with Gasteiger partial charge >= 0.3 is 6.98 Å². The van der Waals surface area contributed by atoms with E-state index in [4.69, 9.17) is 9.72 Å². The first-order valence-electron chi connectivity index (χ1n) is 27.8. The van der Waals surface area contributed by atoms with E-state index >= 15 is 0 Å². The molecule has 0 spiro atoms. The molecule has 0 unspecified atom stereocenters. The number of benzene rings is 10. The number of anilines is 4. The number of pyridine rings is 1. The number of fused-ring (bicyclic) bond motifs is 6. The Bertz CT molecular complexity index is 4470. The third-order valence-electron chi connectivity index (χ3n) is 16.6. The average Bonchev–Trinajstić information content (AvgIpc) is 2.66. The molecular weight excluding hydrogens is 1200 g/mol. The van der Waals surface area contributed by atoms with E-state index in [2.05, 4.69) is 312 Å². The van der Waals surface area contributed by atoms with Crippen LogP contribution in [0.5, 0.6) is 11.5 Å². The molecule has 15 rings (SSSR count). The van der Waals surface area contributed by atoms with Crippen molar-refractivity contribution in [3.8, 4) is 50.9 Å². The third-order valence-corrected chi connectivity index (χ3v) is 20.1. The second-order valence-electron chi connectivity index (χ2n) is 22.8. The van der Waals surface area contributed by atoms with Gasteiger partial charge in [0.1, 0.15) is 5.82 Å². The van der Waals surface area contributed by atoms with Crippen LogP contribution in [0.25, 0.3) is 72.3 Å². The predicted octanol–water partition coefficient (Wildman–Crippen LogP) is 15.0. The van der Waals surface area contributed by atoms with Gasteiger partial charge in [-0.2, -0.15) is 12.1 Å². The van der Waals surface area contributed by atoms with Gasteiger partial charge in [-0.25, -0.2) is 4.98 Å². The van der Waals surface area contributed by atoms with Crippen LogP contribution in [0.15, 0.2) is 243 Å². The summed E-state index contributed by atoms with van der Waals surface area (Å²) in [6, 6.07) is 92.5. The number of nitrogens with zero attached hydrogens (tertiary/aromatic N) is 6. The van der Waals surface area contributed by atoms with Gasteiger partial charge in [-0.05, 0) is 104 Å². The maximum atomic E-state index is 7.00. The van der Waals surface area contributed by atoms with Crippen LogP contribution < -0.4 is 34.8 Å². The van der Waals surface area contributed by atoms with E-state index in [-0.39, 0.29) is 33.5 Å². The molecule has 0 saturated heterocycles. The summed E-state index contributed by atoms with van der Waals surface area (Å²) in [5.41, 5.74) is 17.5. The molecule has 0 atom stereocenters. The molecule has 3 aromatic heterocycles. The number of para-hydroxylation sites is 6. The van der Waals surface area contributed by atoms with Crippen molar-refractivity contribution >= 4 is 86.5 Å². The Balaban J connectivity index is 0.00000602. The Labute approximate surface area is 494 Å². The zero-order valence-corrected chi connectivity index (χ0v) is 49.4. The zero-order chi connectivity index (χ0) is 54.6. The van der Waals surface area contributed by atoms with Crippen molar-refractivity contribution in [2.75, 3.05) is 9.62 Å². The first-order chi connectivity index (χ1) is 39.6. The molecule has 0 saturated carbocycles. The number of imidazole rings is 1. The summed E-state index contributed by atoms with van der Waals surface area (Å²) in [5.74, 6) is 2.01. The van der Waals surface area contributed by atoms with Gasteiger partial charge in [-0.3, -0.25) is 4.57 Å². The number of aromatic nitrogens is 4. The minimum atomic E-state index is -2.28. The predicted molar refractivity (Wildman–Crippen MR) is 335 cm³/mol. The third kappa shape index (κ3) is 8.28. The Morgan fingerprint density at radius 2 is 1.13 bits per heavy atom. The molecule has 0 amide bonds. The number of hydrogen-bond acceptors (Lipinski definition) is 4. The largest absolute Gasteiger partial charge is 0.510 e. The van der Waals surface area contributed by atoms with Crippen LogP contribution in [-0.4, -0.2) is 29.2 Å². The maximum Gasteiger partial charge on any atom is 0.420 e. The van der Waals surface area contributed by atoms with Crippen molar-refractivity contribution in [1.82, 2.24) is 14.1 Å². The van der Waals surface area contributed by atoms with Gasteiger partial charge in [-0.15, -0.1) is 34.8 Å². The molecule has 2 aliphatic heterocycles. The van der Waals surface area contributed by atoms with Crippen molar-refractivity contribution in [3.63, 3.8) is 0 Å². The summed E-state index contributed by atoms with van der Waals surface area (Å²) < 4.78 is 13.8. The molecule has 10 aromatic carbocycles. The fourth-order valence-electron chi connectivity index (χ4n) is 12.6. The van der Waals surface area contributed by atoms with Gasteiger partial charge in [0.2, 0.25) is 0 Å². The minimum absolute atomic E-state index is 0. The van der Waals surface area contributed by atoms with Gasteiger partial charge in [0, 0.05) is 63.7 Å². The van der Waals surface area contributed by atoms with Crippen molar-refractivity contribution < 1.29 is 30.4 Å². The molecule has 2 aliphatic rings. The molecule has 0 aliphatic carbocycles. The average molecular weight is 1250 g/mol. The number of ether oxygens (including phenoxy) is 1. The van der Waals surface area contributed by atoms with Crippen molar-refractivity contribution in [2.24, 2.45) is 0 Å². The summed E-state index contributed by atoms with van der Waals surface area (Å²) >= 11 is 0. The van der Waals surface area contributed by atoms with Crippen LogP contribution in [0.1, 0.15) is 26.3 Å². The van der Waals surface area contributed by atoms with Crippen LogP contribution in [0.3, 0.4) is 0 Å². The second kappa shape index (κ2) is 19.9. The van der Waals surface area contributed by atoms with E-state index in [1.165, 1.54) is 15.9 Å². The standard InChI is InChI=1S/C72H55BN6OSi.Pt/c1-72(2,3)51-42-43-74-69(44-51)77-61-40-36-52(73-78(53-26-14-8-15-27-53)62-32-18-19-33-63(62)79(73)54-28-16-9-17-29-54)45-60(61)59-39-37-55(46-65(59)77)80-56-38-41-67-66(47-56)76-48-75(64-34-21-35-68(71(64)76)81(67,4)5)70-57(49-22-10-6-11-23-49)30-20-31-58(70)50-24-12-7-13-25-50;/h6-45H,1-5H3;/q-2;. The Hall–Kier alpha value is -9.01. The van der Waals surface area contributed by atoms with E-state index in [1.807, 2.05) is 6.20 Å². The van der Waals surface area contributed by atoms with Crippen molar-refractivity contribution in [1.29, 1.82) is 0 Å². The maximum absolute atomic E-state index is 7.00. The summed E-state index contributed by atoms with van der Waals surface area (Å²) in [4.78, 5) is 10.0. The Kier molecular flexibility index (Phi) is 12.4. The monoisotopic (exact) mass is 1250 g/mol. The molecular formula is C72H55BN6OPtSi-2. The normalized spacial score (nSPS) is 13.4. The van der Waals surface area contributed by atoms with E-state index in [0.717, 1.165) is 100 Å². The first-order valence-corrected chi connectivity index (χ1v) is 30.8. The molecule has 10 heteroatoms. The van der Waals surface area contributed by atoms with Crippen LogP contribution in [0.4, 0.5) is 22.7 Å². The molecule has 7 nitrogen and oxygen atoms in total. The molecule has 82 heavy (non-hydrogen) atoms. The minimum Gasteiger partial charge on any atom is -0.510 e. The summed E-state index contributed by atoms with van der Waals surface area (Å²) in [6.07, 6.45) is 5.86. The Morgan fingerprint density at radius 1 is 0.549 bits per heavy atom. The summed E-state index contributed by atoms with van der Waals surface area (Å²) in [6.45, 7) is 11.4.